The molecule has 2 N–H and O–H groups in total. The van der Waals surface area contributed by atoms with Crippen LogP contribution in [0.5, 0.6) is 5.75 Å². The molecule has 0 heterocycles. The monoisotopic (exact) mass is 365 g/mol. The van der Waals surface area contributed by atoms with Crippen LogP contribution >= 0.6 is 0 Å². The van der Waals surface area contributed by atoms with E-state index in [0.29, 0.717) is 5.75 Å². The number of aliphatic hydroxyl groups is 1. The Balaban J connectivity index is 2.33. The topological polar surface area (TPSA) is 58.6 Å². The van der Waals surface area contributed by atoms with Crippen molar-refractivity contribution in [2.24, 2.45) is 0 Å². The fraction of sp³-hybridized carbons (Fsp3) is 0.261. The van der Waals surface area contributed by atoms with Crippen LogP contribution in [0.25, 0.3) is 5.70 Å². The Labute approximate surface area is 161 Å². The number of rotatable bonds is 5. The summed E-state index contributed by atoms with van der Waals surface area (Å²) in [6.45, 7) is 9.66. The molecule has 4 heteroatoms. The number of ether oxygens (including phenoxy) is 1. The Morgan fingerprint density at radius 1 is 1.04 bits per heavy atom. The third-order valence-corrected chi connectivity index (χ3v) is 3.80. The Bertz CT molecular complexity index is 841. The highest BCUT2D eigenvalue weighted by atomic mass is 16.5. The van der Waals surface area contributed by atoms with Crippen molar-refractivity contribution in [1.82, 2.24) is 5.32 Å². The van der Waals surface area contributed by atoms with E-state index in [0.717, 1.165) is 16.8 Å². The van der Waals surface area contributed by atoms with Crippen LogP contribution in [-0.4, -0.2) is 16.6 Å². The minimum atomic E-state index is -0.589. The summed E-state index contributed by atoms with van der Waals surface area (Å²) in [4.78, 5) is 12.3. The van der Waals surface area contributed by atoms with Crippen LogP contribution in [0, 0.1) is 6.92 Å². The van der Waals surface area contributed by atoms with Gasteiger partial charge in [-0.3, -0.25) is 0 Å². The molecule has 142 valence electrons. The first-order valence-electron chi connectivity index (χ1n) is 8.90. The zero-order valence-corrected chi connectivity index (χ0v) is 16.5. The fourth-order valence-electron chi connectivity index (χ4n) is 2.35. The molecule has 4 nitrogen and oxygen atoms in total. The number of hydrogen-bond acceptors (Lipinski definition) is 4. The highest BCUT2D eigenvalue weighted by Crippen LogP contribution is 2.20. The Morgan fingerprint density at radius 2 is 1.63 bits per heavy atom. The highest BCUT2D eigenvalue weighted by molar-refractivity contribution is 5.91. The maximum atomic E-state index is 12.3. The second-order valence-corrected chi connectivity index (χ2v) is 7.51. The van der Waals surface area contributed by atoms with Crippen LogP contribution in [0.4, 0.5) is 0 Å². The summed E-state index contributed by atoms with van der Waals surface area (Å²) in [6, 6.07) is 16.7. The van der Waals surface area contributed by atoms with Crippen molar-refractivity contribution in [2.45, 2.75) is 40.2 Å². The Hall–Kier alpha value is -3.01. The number of benzene rings is 2. The molecule has 2 aromatic carbocycles. The Kier molecular flexibility index (Phi) is 6.45. The van der Waals surface area contributed by atoms with Gasteiger partial charge in [0.1, 0.15) is 11.5 Å². The SMILES string of the molecule is C/C(C(=O)Oc1ccccc1)=C(O)/C=C(\NC(C)(C)C)c1ccc(C)cc1. The second-order valence-electron chi connectivity index (χ2n) is 7.51. The van der Waals surface area contributed by atoms with Gasteiger partial charge in [-0.2, -0.15) is 0 Å². The Morgan fingerprint density at radius 3 is 2.19 bits per heavy atom. The van der Waals surface area contributed by atoms with Crippen molar-refractivity contribution in [3.8, 4) is 5.75 Å². The minimum absolute atomic E-state index is 0.136. The molecule has 0 saturated heterocycles. The molecule has 0 bridgehead atoms. The number of para-hydroxylation sites is 1. The summed E-state index contributed by atoms with van der Waals surface area (Å²) in [5.41, 5.74) is 2.73. The molecule has 0 aromatic heterocycles. The number of aliphatic hydroxyl groups excluding tert-OH is 1. The lowest BCUT2D eigenvalue weighted by Gasteiger charge is -2.25. The molecular formula is C23H27NO3. The molecule has 0 spiro atoms. The molecule has 0 aliphatic rings. The van der Waals surface area contributed by atoms with E-state index in [2.05, 4.69) is 5.32 Å². The maximum Gasteiger partial charge on any atom is 0.342 e. The predicted octanol–water partition coefficient (Wildman–Crippen LogP) is 5.16. The van der Waals surface area contributed by atoms with Crippen molar-refractivity contribution < 1.29 is 14.6 Å². The van der Waals surface area contributed by atoms with Crippen molar-refractivity contribution >= 4 is 11.7 Å². The minimum Gasteiger partial charge on any atom is -0.507 e. The van der Waals surface area contributed by atoms with Crippen molar-refractivity contribution in [2.75, 3.05) is 0 Å². The van der Waals surface area contributed by atoms with Crippen LogP contribution in [0.2, 0.25) is 0 Å². The summed E-state index contributed by atoms with van der Waals surface area (Å²) in [5, 5.41) is 13.9. The van der Waals surface area contributed by atoms with E-state index in [1.165, 1.54) is 0 Å². The lowest BCUT2D eigenvalue weighted by molar-refractivity contribution is -0.130. The smallest absolute Gasteiger partial charge is 0.342 e. The molecular weight excluding hydrogens is 338 g/mol. The van der Waals surface area contributed by atoms with Gasteiger partial charge in [0.25, 0.3) is 0 Å². The number of aryl methyl sites for hydroxylation is 1. The highest BCUT2D eigenvalue weighted by Gasteiger charge is 2.16. The van der Waals surface area contributed by atoms with Gasteiger partial charge in [-0.05, 0) is 52.3 Å². The standard InChI is InChI=1S/C23H27NO3/c1-16-11-13-18(14-12-16)20(24-23(3,4)5)15-21(25)17(2)22(26)27-19-9-7-6-8-10-19/h6-15,24-25H,1-5H3/b20-15-,21-17+. The van der Waals surface area contributed by atoms with Crippen LogP contribution in [-0.2, 0) is 4.79 Å². The van der Waals surface area contributed by atoms with E-state index >= 15 is 0 Å². The van der Waals surface area contributed by atoms with Gasteiger partial charge in [0.2, 0.25) is 0 Å². The first-order valence-corrected chi connectivity index (χ1v) is 8.90. The van der Waals surface area contributed by atoms with Gasteiger partial charge < -0.3 is 15.2 Å². The number of allylic oxidation sites excluding steroid dienone is 1. The maximum absolute atomic E-state index is 12.3. The molecule has 0 aliphatic heterocycles. The summed E-state index contributed by atoms with van der Waals surface area (Å²) in [6.07, 6.45) is 1.57. The van der Waals surface area contributed by atoms with Crippen LogP contribution < -0.4 is 10.1 Å². The van der Waals surface area contributed by atoms with Gasteiger partial charge in [0, 0.05) is 17.3 Å². The van der Waals surface area contributed by atoms with Gasteiger partial charge in [-0.15, -0.1) is 0 Å². The molecule has 0 radical (unpaired) electrons. The zero-order valence-electron chi connectivity index (χ0n) is 16.5. The van der Waals surface area contributed by atoms with Crippen molar-refractivity contribution in [3.05, 3.63) is 83.1 Å². The van der Waals surface area contributed by atoms with Gasteiger partial charge in [-0.1, -0.05) is 48.0 Å². The summed E-state index contributed by atoms with van der Waals surface area (Å²) in [7, 11) is 0. The van der Waals surface area contributed by atoms with Crippen LogP contribution in [0.1, 0.15) is 38.8 Å². The molecule has 0 fully saturated rings. The number of carbonyl (C=O) groups excluding carboxylic acids is 1. The number of esters is 1. The molecule has 0 unspecified atom stereocenters. The van der Waals surface area contributed by atoms with E-state index in [1.807, 2.05) is 58.0 Å². The molecule has 27 heavy (non-hydrogen) atoms. The van der Waals surface area contributed by atoms with Gasteiger partial charge in [0.15, 0.2) is 0 Å². The number of hydrogen-bond donors (Lipinski definition) is 2. The summed E-state index contributed by atoms with van der Waals surface area (Å²) in [5.74, 6) is -0.289. The third-order valence-electron chi connectivity index (χ3n) is 3.80. The molecule has 0 saturated carbocycles. The average molecular weight is 365 g/mol. The summed E-state index contributed by atoms with van der Waals surface area (Å²) >= 11 is 0. The van der Waals surface area contributed by atoms with E-state index in [1.54, 1.807) is 37.3 Å². The zero-order chi connectivity index (χ0) is 20.0. The predicted molar refractivity (Wildman–Crippen MR) is 109 cm³/mol. The van der Waals surface area contributed by atoms with E-state index < -0.39 is 5.97 Å². The number of carbonyl (C=O) groups is 1. The van der Waals surface area contributed by atoms with E-state index in [-0.39, 0.29) is 16.9 Å². The largest absolute Gasteiger partial charge is 0.507 e. The lowest BCUT2D eigenvalue weighted by Crippen LogP contribution is -2.34. The van der Waals surface area contributed by atoms with Gasteiger partial charge >= 0.3 is 5.97 Å². The van der Waals surface area contributed by atoms with Crippen molar-refractivity contribution in [3.63, 3.8) is 0 Å². The van der Waals surface area contributed by atoms with Crippen LogP contribution in [0.3, 0.4) is 0 Å². The molecule has 0 aliphatic carbocycles. The lowest BCUT2D eigenvalue weighted by atomic mass is 10.0. The van der Waals surface area contributed by atoms with Gasteiger partial charge in [-0.25, -0.2) is 4.79 Å². The summed E-state index contributed by atoms with van der Waals surface area (Å²) < 4.78 is 5.29. The first-order chi connectivity index (χ1) is 12.7. The fourth-order valence-corrected chi connectivity index (χ4v) is 2.35. The number of nitrogens with one attached hydrogen (secondary N) is 1. The van der Waals surface area contributed by atoms with E-state index in [4.69, 9.17) is 4.74 Å². The van der Waals surface area contributed by atoms with Crippen molar-refractivity contribution in [1.29, 1.82) is 0 Å². The van der Waals surface area contributed by atoms with Crippen LogP contribution in [0.15, 0.2) is 72.0 Å². The molecule has 0 amide bonds. The second kappa shape index (κ2) is 8.58. The first kappa shape index (κ1) is 20.3. The third kappa shape index (κ3) is 6.33. The average Bonchev–Trinajstić information content (AvgIpc) is 2.60. The quantitative estimate of drug-likeness (QED) is 0.253. The van der Waals surface area contributed by atoms with E-state index in [9.17, 15) is 9.90 Å². The molecule has 2 rings (SSSR count). The molecule has 2 aromatic rings. The van der Waals surface area contributed by atoms with Gasteiger partial charge in [0.05, 0.1) is 5.57 Å². The normalized spacial score (nSPS) is 13.0. The molecule has 0 atom stereocenters.